The van der Waals surface area contributed by atoms with Crippen LogP contribution in [0.5, 0.6) is 0 Å². The molecule has 0 bridgehead atoms. The fourth-order valence-corrected chi connectivity index (χ4v) is 4.38. The van der Waals surface area contributed by atoms with Gasteiger partial charge in [-0.1, -0.05) is 38.1 Å². The predicted octanol–water partition coefficient (Wildman–Crippen LogP) is 5.24. The van der Waals surface area contributed by atoms with Gasteiger partial charge in [-0.15, -0.1) is 0 Å². The topological polar surface area (TPSA) is 61.4 Å². The minimum absolute atomic E-state index is 0.0237. The van der Waals surface area contributed by atoms with Gasteiger partial charge in [-0.05, 0) is 67.1 Å². The predicted molar refractivity (Wildman–Crippen MR) is 118 cm³/mol. The Morgan fingerprint density at radius 3 is 1.69 bits per heavy atom. The van der Waals surface area contributed by atoms with E-state index in [2.05, 4.69) is 10.6 Å². The van der Waals surface area contributed by atoms with Gasteiger partial charge < -0.3 is 15.7 Å². The number of amides is 1. The first-order valence-electron chi connectivity index (χ1n) is 11.3. The van der Waals surface area contributed by atoms with Crippen LogP contribution >= 0.6 is 0 Å². The van der Waals surface area contributed by atoms with Crippen molar-refractivity contribution in [3.8, 4) is 0 Å². The summed E-state index contributed by atoms with van der Waals surface area (Å²) in [6.07, 6.45) is -7.62. The van der Waals surface area contributed by atoms with Crippen molar-refractivity contribution in [1.29, 1.82) is 0 Å². The molecule has 192 valence electrons. The molecule has 2 aromatic rings. The van der Waals surface area contributed by atoms with Crippen LogP contribution < -0.4 is 10.6 Å². The fourth-order valence-electron chi connectivity index (χ4n) is 4.38. The van der Waals surface area contributed by atoms with E-state index in [1.807, 2.05) is 13.8 Å². The van der Waals surface area contributed by atoms with Crippen molar-refractivity contribution < 1.29 is 36.2 Å². The van der Waals surface area contributed by atoms with E-state index >= 15 is 0 Å². The van der Waals surface area contributed by atoms with E-state index in [0.29, 0.717) is 13.0 Å². The van der Waals surface area contributed by atoms with Gasteiger partial charge >= 0.3 is 12.4 Å². The molecule has 35 heavy (non-hydrogen) atoms. The van der Waals surface area contributed by atoms with Gasteiger partial charge in [-0.3, -0.25) is 4.79 Å². The summed E-state index contributed by atoms with van der Waals surface area (Å²) in [6, 6.07) is 6.06. The highest BCUT2D eigenvalue weighted by Crippen LogP contribution is 2.39. The number of alkyl halides is 6. The number of carbonyl (C=O) groups excluding carboxylic acids is 1. The van der Waals surface area contributed by atoms with E-state index in [-0.39, 0.29) is 29.4 Å². The van der Waals surface area contributed by atoms with E-state index < -0.39 is 41.2 Å². The van der Waals surface area contributed by atoms with Gasteiger partial charge in [0.25, 0.3) is 0 Å². The lowest BCUT2D eigenvalue weighted by Gasteiger charge is -2.39. The zero-order valence-corrected chi connectivity index (χ0v) is 19.3. The summed E-state index contributed by atoms with van der Waals surface area (Å²) in [4.78, 5) is 12.9. The Kier molecular flexibility index (Phi) is 7.86. The molecule has 1 amide bonds. The van der Waals surface area contributed by atoms with Crippen molar-refractivity contribution in [2.24, 2.45) is 5.92 Å². The summed E-state index contributed by atoms with van der Waals surface area (Å²) >= 11 is 0. The van der Waals surface area contributed by atoms with Gasteiger partial charge in [-0.2, -0.15) is 26.3 Å². The molecule has 1 heterocycles. The zero-order valence-electron chi connectivity index (χ0n) is 19.3. The highest BCUT2D eigenvalue weighted by atomic mass is 19.4. The second-order valence-corrected chi connectivity index (χ2v) is 9.26. The third-order valence-corrected chi connectivity index (χ3v) is 6.21. The molecule has 1 aliphatic rings. The fraction of sp³-hybridized carbons (Fsp3) is 0.480. The SMILES string of the molecule is CC(C)C[C@@H](NC(=O)[C@@H]1CCCN1)C(O)(c1ccc(C(F)(F)F)cc1)c1ccc(C(F)(F)F)cc1. The van der Waals surface area contributed by atoms with Gasteiger partial charge in [0, 0.05) is 0 Å². The summed E-state index contributed by atoms with van der Waals surface area (Å²) in [7, 11) is 0. The molecule has 0 saturated carbocycles. The molecule has 1 fully saturated rings. The molecule has 0 spiro atoms. The minimum Gasteiger partial charge on any atom is -0.378 e. The quantitative estimate of drug-likeness (QED) is 0.454. The Bertz CT molecular complexity index is 937. The lowest BCUT2D eigenvalue weighted by molar-refractivity contribution is -0.138. The van der Waals surface area contributed by atoms with Gasteiger partial charge in [0.15, 0.2) is 0 Å². The van der Waals surface area contributed by atoms with E-state index in [9.17, 15) is 36.2 Å². The van der Waals surface area contributed by atoms with Crippen molar-refractivity contribution in [2.45, 2.75) is 63.1 Å². The van der Waals surface area contributed by atoms with Crippen LogP contribution in [-0.4, -0.2) is 29.6 Å². The van der Waals surface area contributed by atoms with Gasteiger partial charge in [-0.25, -0.2) is 0 Å². The lowest BCUT2D eigenvalue weighted by Crippen LogP contribution is -2.55. The Morgan fingerprint density at radius 1 is 0.914 bits per heavy atom. The molecule has 2 aromatic carbocycles. The molecular weight excluding hydrogens is 474 g/mol. The Balaban J connectivity index is 2.11. The molecule has 0 aliphatic carbocycles. The van der Waals surface area contributed by atoms with Crippen LogP contribution in [0.1, 0.15) is 55.4 Å². The minimum atomic E-state index is -4.61. The number of carbonyl (C=O) groups is 1. The van der Waals surface area contributed by atoms with E-state index in [1.54, 1.807) is 0 Å². The first-order chi connectivity index (χ1) is 16.2. The molecule has 2 atom stereocenters. The molecule has 3 N–H and O–H groups in total. The summed E-state index contributed by atoms with van der Waals surface area (Å²) in [6.45, 7) is 4.33. The standard InChI is InChI=1S/C25H28F6N2O2/c1-15(2)14-21(33-22(34)20-4-3-13-32-20)23(35,16-5-9-18(10-6-16)24(26,27)28)17-7-11-19(12-8-17)25(29,30)31/h5-12,15,20-21,32,35H,3-4,13-14H2,1-2H3,(H,33,34)/t20-,21+/m0/s1. The van der Waals surface area contributed by atoms with Crippen LogP contribution in [0.25, 0.3) is 0 Å². The third kappa shape index (κ3) is 6.16. The average molecular weight is 502 g/mol. The second-order valence-electron chi connectivity index (χ2n) is 9.26. The van der Waals surface area contributed by atoms with Gasteiger partial charge in [0.05, 0.1) is 23.2 Å². The zero-order chi connectivity index (χ0) is 26.0. The molecule has 4 nitrogen and oxygen atoms in total. The highest BCUT2D eigenvalue weighted by Gasteiger charge is 2.43. The Labute approximate surface area is 199 Å². The van der Waals surface area contributed by atoms with Crippen LogP contribution in [0.4, 0.5) is 26.3 Å². The van der Waals surface area contributed by atoms with Crippen LogP contribution in [0.15, 0.2) is 48.5 Å². The molecule has 3 rings (SSSR count). The molecule has 0 radical (unpaired) electrons. The third-order valence-electron chi connectivity index (χ3n) is 6.21. The molecule has 0 aromatic heterocycles. The normalized spacial score (nSPS) is 18.1. The summed E-state index contributed by atoms with van der Waals surface area (Å²) in [5, 5.41) is 17.9. The largest absolute Gasteiger partial charge is 0.416 e. The average Bonchev–Trinajstić information content (AvgIpc) is 3.32. The maximum atomic E-state index is 13.1. The van der Waals surface area contributed by atoms with Crippen LogP contribution in [0, 0.1) is 5.92 Å². The van der Waals surface area contributed by atoms with Crippen molar-refractivity contribution >= 4 is 5.91 Å². The summed E-state index contributed by atoms with van der Waals surface area (Å²) in [5.74, 6) is -0.447. The van der Waals surface area contributed by atoms with Crippen LogP contribution in [0.3, 0.4) is 0 Å². The lowest BCUT2D eigenvalue weighted by atomic mass is 9.76. The smallest absolute Gasteiger partial charge is 0.378 e. The first kappa shape index (κ1) is 27.0. The van der Waals surface area contributed by atoms with Gasteiger partial charge in [0.2, 0.25) is 5.91 Å². The number of hydrogen-bond donors (Lipinski definition) is 3. The van der Waals surface area contributed by atoms with E-state index in [0.717, 1.165) is 55.0 Å². The van der Waals surface area contributed by atoms with Crippen LogP contribution in [-0.2, 0) is 22.7 Å². The number of hydrogen-bond acceptors (Lipinski definition) is 3. The maximum Gasteiger partial charge on any atom is 0.416 e. The number of benzene rings is 2. The van der Waals surface area contributed by atoms with Crippen molar-refractivity contribution in [1.82, 2.24) is 10.6 Å². The summed E-state index contributed by atoms with van der Waals surface area (Å²) < 4.78 is 78.8. The number of nitrogens with one attached hydrogen (secondary N) is 2. The number of aliphatic hydroxyl groups is 1. The molecule has 10 heteroatoms. The second kappa shape index (κ2) is 10.2. The molecular formula is C25H28F6N2O2. The molecule has 1 saturated heterocycles. The maximum absolute atomic E-state index is 13.1. The number of rotatable bonds is 7. The molecule has 0 unspecified atom stereocenters. The van der Waals surface area contributed by atoms with E-state index in [4.69, 9.17) is 0 Å². The van der Waals surface area contributed by atoms with Crippen molar-refractivity contribution in [3.63, 3.8) is 0 Å². The van der Waals surface area contributed by atoms with E-state index in [1.165, 1.54) is 0 Å². The first-order valence-corrected chi connectivity index (χ1v) is 11.3. The van der Waals surface area contributed by atoms with Crippen LogP contribution in [0.2, 0.25) is 0 Å². The monoisotopic (exact) mass is 502 g/mol. The number of halogens is 6. The van der Waals surface area contributed by atoms with Crippen molar-refractivity contribution in [2.75, 3.05) is 6.54 Å². The summed E-state index contributed by atoms with van der Waals surface area (Å²) in [5.41, 5.74) is -3.91. The Hall–Kier alpha value is -2.59. The van der Waals surface area contributed by atoms with Gasteiger partial charge in [0.1, 0.15) is 5.60 Å². The Morgan fingerprint density at radius 2 is 1.34 bits per heavy atom. The highest BCUT2D eigenvalue weighted by molar-refractivity contribution is 5.82. The molecule has 1 aliphatic heterocycles. The van der Waals surface area contributed by atoms with Crippen molar-refractivity contribution in [3.05, 3.63) is 70.8 Å².